The average Bonchev–Trinajstić information content (AvgIpc) is 2.82. The molecule has 2 aromatic rings. The van der Waals surface area contributed by atoms with Crippen LogP contribution in [0.1, 0.15) is 5.76 Å². The van der Waals surface area contributed by atoms with E-state index in [-0.39, 0.29) is 0 Å². The third kappa shape index (κ3) is 2.67. The van der Waals surface area contributed by atoms with Gasteiger partial charge in [0.15, 0.2) is 11.5 Å². The van der Waals surface area contributed by atoms with E-state index in [1.165, 1.54) is 0 Å². The number of benzene rings is 1. The van der Waals surface area contributed by atoms with Gasteiger partial charge in [-0.3, -0.25) is 0 Å². The van der Waals surface area contributed by atoms with Crippen LogP contribution in [0.3, 0.4) is 0 Å². The van der Waals surface area contributed by atoms with Crippen LogP contribution in [0.5, 0.6) is 11.5 Å². The van der Waals surface area contributed by atoms with Gasteiger partial charge >= 0.3 is 0 Å². The quantitative estimate of drug-likeness (QED) is 0.911. The zero-order valence-electron chi connectivity index (χ0n) is 9.91. The number of nitrogens with one attached hydrogen (secondary N) is 1. The third-order valence-electron chi connectivity index (χ3n) is 2.76. The van der Waals surface area contributed by atoms with Crippen LogP contribution >= 0.6 is 27.5 Å². The summed E-state index contributed by atoms with van der Waals surface area (Å²) < 4.78 is 17.2. The highest BCUT2D eigenvalue weighted by Crippen LogP contribution is 2.38. The van der Waals surface area contributed by atoms with Gasteiger partial charge in [0.05, 0.1) is 28.0 Å². The van der Waals surface area contributed by atoms with E-state index in [0.29, 0.717) is 36.3 Å². The summed E-state index contributed by atoms with van der Waals surface area (Å²) in [5.74, 6) is 2.20. The smallest absolute Gasteiger partial charge is 0.163 e. The Bertz CT molecular complexity index is 600. The van der Waals surface area contributed by atoms with Crippen LogP contribution in [-0.2, 0) is 6.54 Å². The van der Waals surface area contributed by atoms with Crippen molar-refractivity contribution >= 4 is 33.2 Å². The van der Waals surface area contributed by atoms with E-state index in [9.17, 15) is 0 Å². The molecule has 1 aliphatic heterocycles. The molecule has 2 heterocycles. The minimum absolute atomic E-state index is 0.535. The highest BCUT2D eigenvalue weighted by atomic mass is 79.9. The lowest BCUT2D eigenvalue weighted by molar-refractivity contribution is 0.171. The summed E-state index contributed by atoms with van der Waals surface area (Å²) in [6.07, 6.45) is 1.63. The number of fused-ring (bicyclic) bond motifs is 1. The second kappa shape index (κ2) is 5.35. The molecule has 0 fully saturated rings. The van der Waals surface area contributed by atoms with E-state index in [4.69, 9.17) is 25.5 Å². The van der Waals surface area contributed by atoms with E-state index >= 15 is 0 Å². The Balaban J connectivity index is 1.79. The topological polar surface area (TPSA) is 43.6 Å². The number of halogens is 2. The van der Waals surface area contributed by atoms with E-state index in [1.807, 2.05) is 12.1 Å². The van der Waals surface area contributed by atoms with Crippen LogP contribution in [0.25, 0.3) is 0 Å². The van der Waals surface area contributed by atoms with Crippen LogP contribution in [-0.4, -0.2) is 13.2 Å². The van der Waals surface area contributed by atoms with Crippen molar-refractivity contribution in [3.8, 4) is 11.5 Å². The van der Waals surface area contributed by atoms with Crippen molar-refractivity contribution in [3.63, 3.8) is 0 Å². The molecule has 3 rings (SSSR count). The first-order valence-corrected chi connectivity index (χ1v) is 6.96. The van der Waals surface area contributed by atoms with Crippen molar-refractivity contribution in [3.05, 3.63) is 39.7 Å². The predicted molar refractivity (Wildman–Crippen MR) is 76.2 cm³/mol. The standard InChI is InChI=1S/C13H11BrClNO3/c14-8-1-2-17-13(8)7-16-10-6-12-11(5-9(10)15)18-3-4-19-12/h1-2,5-6,16H,3-4,7H2. The average molecular weight is 345 g/mol. The largest absolute Gasteiger partial charge is 0.486 e. The van der Waals surface area contributed by atoms with Gasteiger partial charge in [0.1, 0.15) is 19.0 Å². The van der Waals surface area contributed by atoms with E-state index in [2.05, 4.69) is 21.2 Å². The molecule has 6 heteroatoms. The summed E-state index contributed by atoms with van der Waals surface area (Å²) in [6.45, 7) is 1.64. The molecule has 19 heavy (non-hydrogen) atoms. The molecule has 1 aromatic carbocycles. The lowest BCUT2D eigenvalue weighted by Gasteiger charge is -2.20. The Morgan fingerprint density at radius 3 is 2.63 bits per heavy atom. The summed E-state index contributed by atoms with van der Waals surface area (Å²) in [7, 11) is 0. The molecule has 0 atom stereocenters. The number of ether oxygens (including phenoxy) is 2. The van der Waals surface area contributed by atoms with Crippen molar-refractivity contribution in [1.82, 2.24) is 0 Å². The monoisotopic (exact) mass is 343 g/mol. The number of furan rings is 1. The molecule has 4 nitrogen and oxygen atoms in total. The lowest BCUT2D eigenvalue weighted by atomic mass is 10.2. The van der Waals surface area contributed by atoms with Gasteiger partial charge in [-0.15, -0.1) is 0 Å². The molecule has 0 saturated carbocycles. The number of hydrogen-bond donors (Lipinski definition) is 1. The van der Waals surface area contributed by atoms with Crippen LogP contribution in [0.2, 0.25) is 5.02 Å². The summed E-state index contributed by atoms with van der Waals surface area (Å²) in [6, 6.07) is 5.45. The van der Waals surface area contributed by atoms with Crippen molar-refractivity contribution < 1.29 is 13.9 Å². The van der Waals surface area contributed by atoms with E-state index in [1.54, 1.807) is 12.3 Å². The molecule has 0 saturated heterocycles. The molecular formula is C13H11BrClNO3. The van der Waals surface area contributed by atoms with E-state index in [0.717, 1.165) is 15.9 Å². The summed E-state index contributed by atoms with van der Waals surface area (Å²) >= 11 is 9.61. The minimum atomic E-state index is 0.535. The number of hydrogen-bond acceptors (Lipinski definition) is 4. The molecule has 0 unspecified atom stereocenters. The maximum atomic E-state index is 6.20. The van der Waals surface area contributed by atoms with Gasteiger partial charge in [0, 0.05) is 12.1 Å². The maximum Gasteiger partial charge on any atom is 0.163 e. The van der Waals surface area contributed by atoms with Crippen molar-refractivity contribution in [2.24, 2.45) is 0 Å². The van der Waals surface area contributed by atoms with Crippen molar-refractivity contribution in [2.45, 2.75) is 6.54 Å². The second-order valence-corrected chi connectivity index (χ2v) is 5.28. The summed E-state index contributed by atoms with van der Waals surface area (Å²) in [4.78, 5) is 0. The fourth-order valence-electron chi connectivity index (χ4n) is 1.83. The Hall–Kier alpha value is -1.33. The molecule has 0 bridgehead atoms. The van der Waals surface area contributed by atoms with Crippen LogP contribution in [0, 0.1) is 0 Å². The van der Waals surface area contributed by atoms with Gasteiger partial charge in [-0.1, -0.05) is 11.6 Å². The van der Waals surface area contributed by atoms with Gasteiger partial charge in [-0.05, 0) is 22.0 Å². The molecule has 100 valence electrons. The highest BCUT2D eigenvalue weighted by Gasteiger charge is 2.15. The number of anilines is 1. The Morgan fingerprint density at radius 1 is 1.21 bits per heavy atom. The fraction of sp³-hybridized carbons (Fsp3) is 0.231. The van der Waals surface area contributed by atoms with E-state index < -0.39 is 0 Å². The lowest BCUT2D eigenvalue weighted by Crippen LogP contribution is -2.15. The van der Waals surface area contributed by atoms with Crippen LogP contribution < -0.4 is 14.8 Å². The molecule has 0 aliphatic carbocycles. The van der Waals surface area contributed by atoms with Gasteiger partial charge in [-0.25, -0.2) is 0 Å². The van der Waals surface area contributed by atoms with Gasteiger partial charge in [0.2, 0.25) is 0 Å². The molecule has 0 amide bonds. The molecule has 1 aliphatic rings. The maximum absolute atomic E-state index is 6.20. The number of rotatable bonds is 3. The Labute approximate surface area is 123 Å². The van der Waals surface area contributed by atoms with Crippen molar-refractivity contribution in [2.75, 3.05) is 18.5 Å². The predicted octanol–water partition coefficient (Wildman–Crippen LogP) is 4.08. The fourth-order valence-corrected chi connectivity index (χ4v) is 2.39. The van der Waals surface area contributed by atoms with Crippen LogP contribution in [0.15, 0.2) is 33.4 Å². The van der Waals surface area contributed by atoms with Gasteiger partial charge < -0.3 is 19.2 Å². The molecule has 0 spiro atoms. The Morgan fingerprint density at radius 2 is 1.95 bits per heavy atom. The molecule has 1 aromatic heterocycles. The zero-order valence-corrected chi connectivity index (χ0v) is 12.3. The molecular weight excluding hydrogens is 334 g/mol. The summed E-state index contributed by atoms with van der Waals surface area (Å²) in [5.41, 5.74) is 0.786. The zero-order chi connectivity index (χ0) is 13.2. The molecule has 0 radical (unpaired) electrons. The van der Waals surface area contributed by atoms with Crippen LogP contribution in [0.4, 0.5) is 5.69 Å². The Kier molecular flexibility index (Phi) is 3.57. The summed E-state index contributed by atoms with van der Waals surface area (Å²) in [5, 5.41) is 3.80. The van der Waals surface area contributed by atoms with Gasteiger partial charge in [-0.2, -0.15) is 0 Å². The normalized spacial score (nSPS) is 13.4. The van der Waals surface area contributed by atoms with Crippen molar-refractivity contribution in [1.29, 1.82) is 0 Å². The minimum Gasteiger partial charge on any atom is -0.486 e. The third-order valence-corrected chi connectivity index (χ3v) is 3.78. The highest BCUT2D eigenvalue weighted by molar-refractivity contribution is 9.10. The molecule has 1 N–H and O–H groups in total. The SMILES string of the molecule is Clc1cc2c(cc1NCc1occc1Br)OCCO2. The first-order valence-electron chi connectivity index (χ1n) is 5.79. The first kappa shape index (κ1) is 12.7. The van der Waals surface area contributed by atoms with Gasteiger partial charge in [0.25, 0.3) is 0 Å². The second-order valence-electron chi connectivity index (χ2n) is 4.02. The first-order chi connectivity index (χ1) is 9.24.